The molecule has 0 N–H and O–H groups in total. The molecule has 0 bridgehead atoms. The van der Waals surface area contributed by atoms with Crippen molar-refractivity contribution in [2.45, 2.75) is 26.6 Å². The Bertz CT molecular complexity index is 1180. The van der Waals surface area contributed by atoms with Crippen molar-refractivity contribution in [3.05, 3.63) is 94.2 Å². The molecule has 1 saturated heterocycles. The molecule has 3 aromatic rings. The average molecular weight is 514 g/mol. The van der Waals surface area contributed by atoms with Crippen LogP contribution in [0.3, 0.4) is 0 Å². The molecule has 0 spiro atoms. The first-order chi connectivity index (χ1) is 17.4. The second-order valence-electron chi connectivity index (χ2n) is 8.65. The van der Waals surface area contributed by atoms with Gasteiger partial charge in [-0.25, -0.2) is 9.18 Å². The molecule has 1 aliphatic heterocycles. The highest BCUT2D eigenvalue weighted by atomic mass is 35.5. The molecule has 7 nitrogen and oxygen atoms in total. The van der Waals surface area contributed by atoms with Crippen LogP contribution in [-0.4, -0.2) is 59.5 Å². The van der Waals surface area contributed by atoms with E-state index in [2.05, 4.69) is 4.90 Å². The Morgan fingerprint density at radius 1 is 0.944 bits per heavy atom. The molecular weight excluding hydrogens is 485 g/mol. The summed E-state index contributed by atoms with van der Waals surface area (Å²) in [6, 6.07) is 17.6. The zero-order valence-corrected chi connectivity index (χ0v) is 20.9. The predicted octanol–water partition coefficient (Wildman–Crippen LogP) is 5.19. The van der Waals surface area contributed by atoms with E-state index in [1.165, 1.54) is 12.1 Å². The fourth-order valence-corrected chi connectivity index (χ4v) is 4.30. The van der Waals surface area contributed by atoms with Crippen LogP contribution >= 0.6 is 11.6 Å². The number of hydrogen-bond donors (Lipinski definition) is 0. The fraction of sp³-hybridized carbons (Fsp3) is 0.333. The molecule has 2 aromatic carbocycles. The molecule has 0 unspecified atom stereocenters. The molecule has 190 valence electrons. The van der Waals surface area contributed by atoms with E-state index in [1.54, 1.807) is 34.9 Å². The van der Waals surface area contributed by atoms with Crippen LogP contribution in [0.1, 0.15) is 34.4 Å². The summed E-state index contributed by atoms with van der Waals surface area (Å²) in [5.74, 6) is 0.396. The number of carbonyl (C=O) groups is 2. The molecule has 2 amide bonds. The third-order valence-electron chi connectivity index (χ3n) is 5.96. The zero-order valence-electron chi connectivity index (χ0n) is 20.2. The van der Waals surface area contributed by atoms with Crippen LogP contribution in [-0.2, 0) is 24.4 Å². The predicted molar refractivity (Wildman–Crippen MR) is 134 cm³/mol. The Balaban J connectivity index is 1.41. The average Bonchev–Trinajstić information content (AvgIpc) is 3.33. The van der Waals surface area contributed by atoms with Crippen LogP contribution in [0.5, 0.6) is 0 Å². The zero-order chi connectivity index (χ0) is 25.5. The lowest BCUT2D eigenvalue weighted by atomic mass is 10.1. The minimum Gasteiger partial charge on any atom is -0.455 e. The van der Waals surface area contributed by atoms with Gasteiger partial charge < -0.3 is 19.0 Å². The molecule has 1 aliphatic rings. The molecule has 36 heavy (non-hydrogen) atoms. The number of amides is 2. The number of furan rings is 1. The van der Waals surface area contributed by atoms with Gasteiger partial charge in [0.05, 0.1) is 13.2 Å². The Morgan fingerprint density at radius 2 is 1.64 bits per heavy atom. The monoisotopic (exact) mass is 513 g/mol. The molecule has 0 aliphatic carbocycles. The van der Waals surface area contributed by atoms with Crippen molar-refractivity contribution < 1.29 is 23.1 Å². The number of carbonyl (C=O) groups excluding carboxylic acids is 2. The van der Waals surface area contributed by atoms with E-state index in [9.17, 15) is 14.0 Å². The van der Waals surface area contributed by atoms with E-state index in [0.29, 0.717) is 63.2 Å². The van der Waals surface area contributed by atoms with Gasteiger partial charge in [-0.1, -0.05) is 35.9 Å². The van der Waals surface area contributed by atoms with E-state index in [1.807, 2.05) is 30.3 Å². The molecular formula is C27H29ClFN3O4. The highest BCUT2D eigenvalue weighted by molar-refractivity contribution is 6.30. The molecule has 1 fully saturated rings. The third kappa shape index (κ3) is 6.86. The van der Waals surface area contributed by atoms with Crippen LogP contribution in [0.4, 0.5) is 9.18 Å². The van der Waals surface area contributed by atoms with E-state index >= 15 is 0 Å². The Morgan fingerprint density at radius 3 is 2.33 bits per heavy atom. The van der Waals surface area contributed by atoms with Gasteiger partial charge in [-0.2, -0.15) is 0 Å². The van der Waals surface area contributed by atoms with Gasteiger partial charge in [-0.05, 0) is 54.4 Å². The standard InChI is InChI=1S/C27H29ClFN3O4/c1-2-35-27(34)32-14-12-31(13-15-32)26(33)25-11-10-24(36-25)19-30(17-20-6-8-22(28)9-7-20)18-21-4-3-5-23(29)16-21/h3-11,16H,2,12-15,17-19H2,1H3. The third-order valence-corrected chi connectivity index (χ3v) is 6.21. The van der Waals surface area contributed by atoms with Gasteiger partial charge in [0.25, 0.3) is 5.91 Å². The fourth-order valence-electron chi connectivity index (χ4n) is 4.17. The minimum atomic E-state index is -0.357. The summed E-state index contributed by atoms with van der Waals surface area (Å²) >= 11 is 6.03. The maximum absolute atomic E-state index is 13.8. The molecule has 4 rings (SSSR count). The van der Waals surface area contributed by atoms with E-state index < -0.39 is 0 Å². The quantitative estimate of drug-likeness (QED) is 0.415. The largest absolute Gasteiger partial charge is 0.455 e. The summed E-state index contributed by atoms with van der Waals surface area (Å²) < 4.78 is 24.7. The van der Waals surface area contributed by atoms with Crippen molar-refractivity contribution in [2.24, 2.45) is 0 Å². The van der Waals surface area contributed by atoms with Crippen molar-refractivity contribution >= 4 is 23.6 Å². The van der Waals surface area contributed by atoms with Gasteiger partial charge >= 0.3 is 6.09 Å². The van der Waals surface area contributed by atoms with Crippen LogP contribution in [0.2, 0.25) is 5.02 Å². The highest BCUT2D eigenvalue weighted by Gasteiger charge is 2.27. The summed E-state index contributed by atoms with van der Waals surface area (Å²) in [4.78, 5) is 30.3. The van der Waals surface area contributed by atoms with E-state index in [4.69, 9.17) is 20.8 Å². The van der Waals surface area contributed by atoms with Crippen LogP contribution in [0, 0.1) is 5.82 Å². The van der Waals surface area contributed by atoms with Crippen LogP contribution < -0.4 is 0 Å². The Labute approximate surface area is 215 Å². The van der Waals surface area contributed by atoms with Crippen molar-refractivity contribution in [1.29, 1.82) is 0 Å². The lowest BCUT2D eigenvalue weighted by Crippen LogP contribution is -2.50. The lowest BCUT2D eigenvalue weighted by molar-refractivity contribution is 0.0543. The number of benzene rings is 2. The maximum atomic E-state index is 13.8. The number of nitrogens with zero attached hydrogens (tertiary/aromatic N) is 3. The van der Waals surface area contributed by atoms with Gasteiger partial charge in [0.1, 0.15) is 11.6 Å². The Hall–Kier alpha value is -3.36. The maximum Gasteiger partial charge on any atom is 0.409 e. The Kier molecular flexibility index (Phi) is 8.61. The summed E-state index contributed by atoms with van der Waals surface area (Å²) in [7, 11) is 0. The van der Waals surface area contributed by atoms with Gasteiger partial charge in [-0.15, -0.1) is 0 Å². The molecule has 0 atom stereocenters. The SMILES string of the molecule is CCOC(=O)N1CCN(C(=O)c2ccc(CN(Cc3ccc(Cl)cc3)Cc3cccc(F)c3)o2)CC1. The van der Waals surface area contributed by atoms with Crippen molar-refractivity contribution in [2.75, 3.05) is 32.8 Å². The number of rotatable bonds is 8. The van der Waals surface area contributed by atoms with E-state index in [-0.39, 0.29) is 23.6 Å². The first-order valence-electron chi connectivity index (χ1n) is 11.9. The highest BCUT2D eigenvalue weighted by Crippen LogP contribution is 2.19. The molecule has 0 saturated carbocycles. The van der Waals surface area contributed by atoms with Crippen molar-refractivity contribution in [3.8, 4) is 0 Å². The summed E-state index contributed by atoms with van der Waals surface area (Å²) in [6.07, 6.45) is -0.357. The molecule has 0 radical (unpaired) electrons. The number of hydrogen-bond acceptors (Lipinski definition) is 5. The molecule has 9 heteroatoms. The van der Waals surface area contributed by atoms with Gasteiger partial charge in [0.2, 0.25) is 0 Å². The summed E-state index contributed by atoms with van der Waals surface area (Å²) in [5.41, 5.74) is 1.89. The van der Waals surface area contributed by atoms with Crippen LogP contribution in [0.15, 0.2) is 65.1 Å². The number of piperazine rings is 1. The van der Waals surface area contributed by atoms with Crippen LogP contribution in [0.25, 0.3) is 0 Å². The van der Waals surface area contributed by atoms with Gasteiger partial charge in [-0.3, -0.25) is 9.69 Å². The van der Waals surface area contributed by atoms with E-state index in [0.717, 1.165) is 11.1 Å². The van der Waals surface area contributed by atoms with Gasteiger partial charge in [0, 0.05) is 44.3 Å². The molecule has 1 aromatic heterocycles. The van der Waals surface area contributed by atoms with Crippen molar-refractivity contribution in [1.82, 2.24) is 14.7 Å². The smallest absolute Gasteiger partial charge is 0.409 e. The summed E-state index contributed by atoms with van der Waals surface area (Å²) in [5, 5.41) is 0.660. The topological polar surface area (TPSA) is 66.2 Å². The first kappa shape index (κ1) is 25.7. The first-order valence-corrected chi connectivity index (χ1v) is 12.3. The normalized spacial score (nSPS) is 13.8. The summed E-state index contributed by atoms with van der Waals surface area (Å²) in [6.45, 7) is 5.27. The number of halogens is 2. The second kappa shape index (κ2) is 12.1. The lowest BCUT2D eigenvalue weighted by Gasteiger charge is -2.33. The second-order valence-corrected chi connectivity index (χ2v) is 9.08. The van der Waals surface area contributed by atoms with Gasteiger partial charge in [0.15, 0.2) is 5.76 Å². The van der Waals surface area contributed by atoms with Crippen molar-refractivity contribution in [3.63, 3.8) is 0 Å². The number of ether oxygens (including phenoxy) is 1. The molecule has 2 heterocycles. The minimum absolute atomic E-state index is 0.209.